The van der Waals surface area contributed by atoms with Crippen molar-refractivity contribution in [1.82, 2.24) is 20.2 Å². The number of aryl methyl sites for hydroxylation is 1. The summed E-state index contributed by atoms with van der Waals surface area (Å²) in [6, 6.07) is 0. The van der Waals surface area contributed by atoms with Crippen molar-refractivity contribution in [3.63, 3.8) is 0 Å². The maximum absolute atomic E-state index is 10.8. The number of nitrogens with zero attached hydrogens (tertiary/aromatic N) is 4. The van der Waals surface area contributed by atoms with Gasteiger partial charge in [-0.3, -0.25) is 4.79 Å². The van der Waals surface area contributed by atoms with Crippen molar-refractivity contribution >= 4 is 11.9 Å². The number of amides is 1. The Bertz CT molecular complexity index is 331. The van der Waals surface area contributed by atoms with Crippen LogP contribution in [0.5, 0.6) is 0 Å². The zero-order valence-electron chi connectivity index (χ0n) is 8.48. The van der Waals surface area contributed by atoms with E-state index in [4.69, 9.17) is 5.73 Å². The molecule has 3 N–H and O–H groups in total. The molecule has 0 aromatic carbocycles. The number of hydrogen-bond acceptors (Lipinski definition) is 5. The molecule has 1 aromatic rings. The molecule has 1 aromatic heterocycles. The second-order valence-corrected chi connectivity index (χ2v) is 3.78. The molecular formula is C7H14N6O. The van der Waals surface area contributed by atoms with E-state index in [-0.39, 0.29) is 12.3 Å². The first-order chi connectivity index (χ1) is 6.41. The van der Waals surface area contributed by atoms with Crippen LogP contribution in [0.1, 0.15) is 20.3 Å². The molecule has 0 fully saturated rings. The number of primary amides is 1. The molecule has 0 radical (unpaired) electrons. The predicted octanol–water partition coefficient (Wildman–Crippen LogP) is -0.724. The number of hydrogen-bond donors (Lipinski definition) is 2. The highest BCUT2D eigenvalue weighted by Gasteiger charge is 2.22. The largest absolute Gasteiger partial charge is 0.370 e. The smallest absolute Gasteiger partial charge is 0.243 e. The number of nitrogens with two attached hydrogens (primary N) is 1. The average Bonchev–Trinajstić information content (AvgIpc) is 2.32. The minimum Gasteiger partial charge on any atom is -0.370 e. The molecule has 7 heteroatoms. The highest BCUT2D eigenvalue weighted by atomic mass is 16.1. The van der Waals surface area contributed by atoms with E-state index in [2.05, 4.69) is 20.8 Å². The van der Waals surface area contributed by atoms with Crippen LogP contribution in [0.4, 0.5) is 5.95 Å². The zero-order valence-corrected chi connectivity index (χ0v) is 8.48. The lowest BCUT2D eigenvalue weighted by Crippen LogP contribution is -2.37. The van der Waals surface area contributed by atoms with Gasteiger partial charge in [0.25, 0.3) is 0 Å². The second kappa shape index (κ2) is 3.60. The van der Waals surface area contributed by atoms with Crippen LogP contribution in [0.15, 0.2) is 0 Å². The Kier molecular flexibility index (Phi) is 2.68. The van der Waals surface area contributed by atoms with E-state index in [1.165, 1.54) is 4.68 Å². The molecule has 0 bridgehead atoms. The second-order valence-electron chi connectivity index (χ2n) is 3.78. The van der Waals surface area contributed by atoms with Gasteiger partial charge < -0.3 is 11.1 Å². The van der Waals surface area contributed by atoms with E-state index in [0.717, 1.165) is 0 Å². The Morgan fingerprint density at radius 2 is 2.29 bits per heavy atom. The molecule has 0 aliphatic heterocycles. The fourth-order valence-corrected chi connectivity index (χ4v) is 1.12. The molecule has 0 unspecified atom stereocenters. The lowest BCUT2D eigenvalue weighted by atomic mass is 10.0. The van der Waals surface area contributed by atoms with E-state index >= 15 is 0 Å². The van der Waals surface area contributed by atoms with E-state index in [9.17, 15) is 4.79 Å². The van der Waals surface area contributed by atoms with Crippen LogP contribution in [0.3, 0.4) is 0 Å². The minimum atomic E-state index is -0.450. The van der Waals surface area contributed by atoms with E-state index < -0.39 is 5.54 Å². The van der Waals surface area contributed by atoms with Crippen LogP contribution in [0.25, 0.3) is 0 Å². The van der Waals surface area contributed by atoms with Gasteiger partial charge in [0.05, 0.1) is 0 Å². The third-order valence-electron chi connectivity index (χ3n) is 1.69. The zero-order chi connectivity index (χ0) is 10.8. The molecule has 0 atom stereocenters. The van der Waals surface area contributed by atoms with Crippen molar-refractivity contribution in [3.05, 3.63) is 0 Å². The Labute approximate surface area is 81.7 Å². The fraction of sp³-hybridized carbons (Fsp3) is 0.714. The quantitative estimate of drug-likeness (QED) is 0.665. The summed E-state index contributed by atoms with van der Waals surface area (Å²) in [5.41, 5.74) is 4.66. The summed E-state index contributed by atoms with van der Waals surface area (Å²) >= 11 is 0. The molecule has 78 valence electrons. The third-order valence-corrected chi connectivity index (χ3v) is 1.69. The number of tetrazole rings is 1. The van der Waals surface area contributed by atoms with Crippen molar-refractivity contribution in [2.45, 2.75) is 25.8 Å². The Hall–Kier alpha value is -1.66. The number of aromatic nitrogens is 4. The maximum atomic E-state index is 10.8. The van der Waals surface area contributed by atoms with Gasteiger partial charge in [-0.25, -0.2) is 4.68 Å². The van der Waals surface area contributed by atoms with Crippen LogP contribution >= 0.6 is 0 Å². The lowest BCUT2D eigenvalue weighted by molar-refractivity contribution is -0.118. The average molecular weight is 198 g/mol. The molecule has 1 heterocycles. The summed E-state index contributed by atoms with van der Waals surface area (Å²) in [4.78, 5) is 10.8. The van der Waals surface area contributed by atoms with Gasteiger partial charge in [-0.1, -0.05) is 5.10 Å². The van der Waals surface area contributed by atoms with Gasteiger partial charge in [-0.15, -0.1) is 0 Å². The molecule has 0 aliphatic carbocycles. The number of carbonyl (C=O) groups excluding carboxylic acids is 1. The first-order valence-electron chi connectivity index (χ1n) is 4.19. The summed E-state index contributed by atoms with van der Waals surface area (Å²) in [5.74, 6) is 0.147. The number of carbonyl (C=O) groups is 1. The molecule has 0 aliphatic rings. The van der Waals surface area contributed by atoms with Gasteiger partial charge in [-0.2, -0.15) is 0 Å². The molecule has 1 amide bonds. The summed E-state index contributed by atoms with van der Waals surface area (Å²) in [7, 11) is 1.71. The minimum absolute atomic E-state index is 0.222. The molecule has 0 saturated carbocycles. The Morgan fingerprint density at radius 1 is 1.64 bits per heavy atom. The Balaban J connectivity index is 2.68. The molecule has 1 rings (SSSR count). The lowest BCUT2D eigenvalue weighted by Gasteiger charge is -2.24. The van der Waals surface area contributed by atoms with Crippen LogP contribution < -0.4 is 11.1 Å². The van der Waals surface area contributed by atoms with Crippen molar-refractivity contribution < 1.29 is 4.79 Å². The number of rotatable bonds is 4. The van der Waals surface area contributed by atoms with Crippen LogP contribution in [-0.2, 0) is 11.8 Å². The molecule has 0 saturated heterocycles. The molecule has 7 nitrogen and oxygen atoms in total. The third kappa shape index (κ3) is 2.68. The van der Waals surface area contributed by atoms with Crippen LogP contribution in [-0.4, -0.2) is 31.7 Å². The van der Waals surface area contributed by atoms with Gasteiger partial charge in [0.2, 0.25) is 11.9 Å². The van der Waals surface area contributed by atoms with Crippen LogP contribution in [0, 0.1) is 0 Å². The highest BCUT2D eigenvalue weighted by molar-refractivity contribution is 5.75. The van der Waals surface area contributed by atoms with E-state index in [1.54, 1.807) is 7.05 Å². The number of nitrogens with one attached hydrogen (secondary N) is 1. The summed E-state index contributed by atoms with van der Waals surface area (Å²) in [5, 5.41) is 13.9. The Morgan fingerprint density at radius 3 is 2.71 bits per heavy atom. The van der Waals surface area contributed by atoms with Gasteiger partial charge in [-0.05, 0) is 24.3 Å². The SMILES string of the molecule is Cn1nnnc1NC(C)(C)CC(N)=O. The van der Waals surface area contributed by atoms with Gasteiger partial charge >= 0.3 is 0 Å². The van der Waals surface area contributed by atoms with E-state index in [1.807, 2.05) is 13.8 Å². The summed E-state index contributed by atoms with van der Waals surface area (Å²) < 4.78 is 1.49. The van der Waals surface area contributed by atoms with Crippen molar-refractivity contribution in [2.24, 2.45) is 12.8 Å². The molecular weight excluding hydrogens is 184 g/mol. The monoisotopic (exact) mass is 198 g/mol. The predicted molar refractivity (Wildman–Crippen MR) is 50.3 cm³/mol. The summed E-state index contributed by atoms with van der Waals surface area (Å²) in [6.07, 6.45) is 0.222. The van der Waals surface area contributed by atoms with Crippen molar-refractivity contribution in [2.75, 3.05) is 5.32 Å². The van der Waals surface area contributed by atoms with Crippen molar-refractivity contribution in [3.8, 4) is 0 Å². The van der Waals surface area contributed by atoms with Gasteiger partial charge in [0.15, 0.2) is 0 Å². The molecule has 0 spiro atoms. The standard InChI is InChI=1S/C7H14N6O/c1-7(2,4-5(8)14)9-6-10-11-12-13(6)3/h4H2,1-3H3,(H2,8,14)(H,9,10,12). The van der Waals surface area contributed by atoms with Gasteiger partial charge in [0, 0.05) is 19.0 Å². The maximum Gasteiger partial charge on any atom is 0.243 e. The normalized spacial score (nSPS) is 11.4. The van der Waals surface area contributed by atoms with E-state index in [0.29, 0.717) is 5.95 Å². The number of anilines is 1. The topological polar surface area (TPSA) is 98.7 Å². The first-order valence-corrected chi connectivity index (χ1v) is 4.19. The fourth-order valence-electron chi connectivity index (χ4n) is 1.12. The summed E-state index contributed by atoms with van der Waals surface area (Å²) in [6.45, 7) is 3.71. The van der Waals surface area contributed by atoms with Crippen molar-refractivity contribution in [1.29, 1.82) is 0 Å². The first kappa shape index (κ1) is 10.4. The van der Waals surface area contributed by atoms with Crippen LogP contribution in [0.2, 0.25) is 0 Å². The molecule has 14 heavy (non-hydrogen) atoms. The highest BCUT2D eigenvalue weighted by Crippen LogP contribution is 2.14. The van der Waals surface area contributed by atoms with Gasteiger partial charge in [0.1, 0.15) is 0 Å².